The largest absolute Gasteiger partial charge is 0.478 e. The van der Waals surface area contributed by atoms with Gasteiger partial charge in [-0.1, -0.05) is 97.0 Å². The molecule has 0 aliphatic rings. The van der Waals surface area contributed by atoms with Crippen molar-refractivity contribution in [2.24, 2.45) is 0 Å². The van der Waals surface area contributed by atoms with Crippen LogP contribution in [0.5, 0.6) is 5.75 Å². The highest BCUT2D eigenvalue weighted by atomic mass is 19.1. The first-order valence-corrected chi connectivity index (χ1v) is 16.0. The average molecular weight is 603 g/mol. The molecular formula is C35H48F2O6. The molecule has 1 atom stereocenters. The van der Waals surface area contributed by atoms with Gasteiger partial charge < -0.3 is 14.6 Å². The fraction of sp³-hybridized carbons (Fsp3) is 0.571. The van der Waals surface area contributed by atoms with Gasteiger partial charge in [0.15, 0.2) is 0 Å². The normalized spacial score (nSPS) is 11.7. The van der Waals surface area contributed by atoms with Gasteiger partial charge in [-0.15, -0.1) is 0 Å². The summed E-state index contributed by atoms with van der Waals surface area (Å²) in [7, 11) is 0. The molecule has 0 aromatic heterocycles. The number of esters is 2. The summed E-state index contributed by atoms with van der Waals surface area (Å²) in [6.07, 6.45) is 15.4. The Labute approximate surface area is 255 Å². The molecule has 0 radical (unpaired) electrons. The zero-order chi connectivity index (χ0) is 31.6. The Bertz CT molecular complexity index is 1180. The van der Waals surface area contributed by atoms with Crippen molar-refractivity contribution in [2.45, 2.75) is 130 Å². The van der Waals surface area contributed by atoms with E-state index in [9.17, 15) is 19.5 Å². The second-order valence-corrected chi connectivity index (χ2v) is 11.3. The summed E-state index contributed by atoms with van der Waals surface area (Å²) in [6.45, 7) is 6.08. The average Bonchev–Trinajstić information content (AvgIpc) is 2.96. The van der Waals surface area contributed by atoms with Gasteiger partial charge in [-0.3, -0.25) is 4.79 Å². The monoisotopic (exact) mass is 602 g/mol. The van der Waals surface area contributed by atoms with E-state index >= 15 is 8.78 Å². The predicted octanol–water partition coefficient (Wildman–Crippen LogP) is 10.1. The van der Waals surface area contributed by atoms with Crippen LogP contribution in [0.15, 0.2) is 30.3 Å². The molecule has 0 saturated heterocycles. The topological polar surface area (TPSA) is 89.9 Å². The van der Waals surface area contributed by atoms with Gasteiger partial charge in [-0.25, -0.2) is 18.4 Å². The number of carboxylic acids is 1. The van der Waals surface area contributed by atoms with Gasteiger partial charge in [0.2, 0.25) is 0 Å². The molecule has 6 nitrogen and oxygen atoms in total. The first kappa shape index (κ1) is 35.9. The molecule has 2 aromatic rings. The van der Waals surface area contributed by atoms with E-state index in [0.717, 1.165) is 50.7 Å². The summed E-state index contributed by atoms with van der Waals surface area (Å²) in [5, 5.41) is 9.43. The van der Waals surface area contributed by atoms with Gasteiger partial charge in [0, 0.05) is 6.42 Å². The summed E-state index contributed by atoms with van der Waals surface area (Å²) < 4.78 is 41.4. The standard InChI is InChI=1S/C35H48F2O6/c1-4-6-8-10-12-13-15-17-19-31(38)43-30-23-22-28(34(39)40)33(37)32(30)26-20-21-27(29(36)24-26)35(41)42-25(3)18-16-14-11-9-7-5-2/h20-25H,4-19H2,1-3H3,(H,39,40)/t25-/m1/s1. The Hall–Kier alpha value is -3.29. The summed E-state index contributed by atoms with van der Waals surface area (Å²) in [5.74, 6) is -5.27. The van der Waals surface area contributed by atoms with E-state index in [1.807, 2.05) is 0 Å². The predicted molar refractivity (Wildman–Crippen MR) is 164 cm³/mol. The van der Waals surface area contributed by atoms with E-state index in [2.05, 4.69) is 13.8 Å². The van der Waals surface area contributed by atoms with Crippen molar-refractivity contribution in [3.8, 4) is 16.9 Å². The summed E-state index contributed by atoms with van der Waals surface area (Å²) >= 11 is 0. The lowest BCUT2D eigenvalue weighted by molar-refractivity contribution is -0.134. The van der Waals surface area contributed by atoms with Gasteiger partial charge in [0.1, 0.15) is 17.4 Å². The molecule has 0 unspecified atom stereocenters. The van der Waals surface area contributed by atoms with Crippen molar-refractivity contribution in [3.63, 3.8) is 0 Å². The molecule has 0 aliphatic carbocycles. The van der Waals surface area contributed by atoms with Gasteiger partial charge >= 0.3 is 17.9 Å². The lowest BCUT2D eigenvalue weighted by Gasteiger charge is -2.15. The second-order valence-electron chi connectivity index (χ2n) is 11.3. The van der Waals surface area contributed by atoms with Crippen molar-refractivity contribution in [1.82, 2.24) is 0 Å². The number of halogens is 2. The summed E-state index contributed by atoms with van der Waals surface area (Å²) in [5.41, 5.74) is -1.39. The third kappa shape index (κ3) is 12.5. The highest BCUT2D eigenvalue weighted by molar-refractivity contribution is 5.93. The van der Waals surface area contributed by atoms with Crippen LogP contribution < -0.4 is 4.74 Å². The molecule has 1 N–H and O–H groups in total. The Balaban J connectivity index is 2.09. The second kappa shape index (κ2) is 19.8. The minimum atomic E-state index is -1.52. The smallest absolute Gasteiger partial charge is 0.341 e. The molecule has 0 bridgehead atoms. The van der Waals surface area contributed by atoms with Crippen molar-refractivity contribution in [3.05, 3.63) is 53.1 Å². The van der Waals surface area contributed by atoms with Crippen molar-refractivity contribution < 1.29 is 37.7 Å². The van der Waals surface area contributed by atoms with Crippen LogP contribution in [0, 0.1) is 11.6 Å². The van der Waals surface area contributed by atoms with Crippen LogP contribution in [0.4, 0.5) is 8.78 Å². The Morgan fingerprint density at radius 1 is 0.767 bits per heavy atom. The molecule has 43 heavy (non-hydrogen) atoms. The molecule has 238 valence electrons. The number of ether oxygens (including phenoxy) is 2. The van der Waals surface area contributed by atoms with Crippen LogP contribution in [0.1, 0.15) is 144 Å². The van der Waals surface area contributed by atoms with Crippen molar-refractivity contribution >= 4 is 17.9 Å². The van der Waals surface area contributed by atoms with E-state index in [-0.39, 0.29) is 28.9 Å². The van der Waals surface area contributed by atoms with Gasteiger partial charge in [-0.2, -0.15) is 0 Å². The fourth-order valence-electron chi connectivity index (χ4n) is 5.01. The lowest BCUT2D eigenvalue weighted by Crippen LogP contribution is -2.16. The summed E-state index contributed by atoms with van der Waals surface area (Å²) in [6, 6.07) is 5.58. The van der Waals surface area contributed by atoms with Crippen LogP contribution >= 0.6 is 0 Å². The number of carboxylic acid groups (broad SMARTS) is 1. The molecular weight excluding hydrogens is 554 g/mol. The lowest BCUT2D eigenvalue weighted by atomic mass is 9.99. The fourth-order valence-corrected chi connectivity index (χ4v) is 5.01. The third-order valence-corrected chi connectivity index (χ3v) is 7.54. The molecule has 0 fully saturated rings. The maximum Gasteiger partial charge on any atom is 0.341 e. The number of aromatic carboxylic acids is 1. The van der Waals surface area contributed by atoms with Gasteiger partial charge in [-0.05, 0) is 56.0 Å². The molecule has 0 amide bonds. The molecule has 2 rings (SSSR count). The van der Waals surface area contributed by atoms with E-state index in [4.69, 9.17) is 9.47 Å². The van der Waals surface area contributed by atoms with Gasteiger partial charge in [0.05, 0.1) is 22.8 Å². The Morgan fingerprint density at radius 3 is 1.91 bits per heavy atom. The number of carbonyl (C=O) groups excluding carboxylic acids is 2. The van der Waals surface area contributed by atoms with Gasteiger partial charge in [0.25, 0.3) is 0 Å². The number of unbranched alkanes of at least 4 members (excludes halogenated alkanes) is 12. The molecule has 0 aliphatic heterocycles. The van der Waals surface area contributed by atoms with Crippen LogP contribution in [0.3, 0.4) is 0 Å². The number of hydrogen-bond donors (Lipinski definition) is 1. The van der Waals surface area contributed by atoms with E-state index in [0.29, 0.717) is 12.8 Å². The minimum Gasteiger partial charge on any atom is -0.478 e. The zero-order valence-corrected chi connectivity index (χ0v) is 26.0. The minimum absolute atomic E-state index is 0.0651. The molecule has 0 saturated carbocycles. The van der Waals surface area contributed by atoms with E-state index < -0.39 is 41.2 Å². The van der Waals surface area contributed by atoms with Crippen LogP contribution in [0.25, 0.3) is 11.1 Å². The van der Waals surface area contributed by atoms with Crippen LogP contribution in [0.2, 0.25) is 0 Å². The quantitative estimate of drug-likeness (QED) is 0.0869. The molecule has 8 heteroatoms. The first-order valence-electron chi connectivity index (χ1n) is 16.0. The molecule has 0 spiro atoms. The van der Waals surface area contributed by atoms with Crippen LogP contribution in [-0.2, 0) is 9.53 Å². The molecule has 2 aromatic carbocycles. The number of rotatable bonds is 21. The first-order chi connectivity index (χ1) is 20.7. The highest BCUT2D eigenvalue weighted by Gasteiger charge is 2.24. The Kier molecular flexibility index (Phi) is 16.5. The summed E-state index contributed by atoms with van der Waals surface area (Å²) in [4.78, 5) is 36.8. The number of carbonyl (C=O) groups is 3. The zero-order valence-electron chi connectivity index (χ0n) is 26.0. The maximum atomic E-state index is 15.4. The van der Waals surface area contributed by atoms with E-state index in [1.165, 1.54) is 63.1 Å². The number of benzene rings is 2. The third-order valence-electron chi connectivity index (χ3n) is 7.54. The molecule has 0 heterocycles. The van der Waals surface area contributed by atoms with Crippen molar-refractivity contribution in [1.29, 1.82) is 0 Å². The van der Waals surface area contributed by atoms with Crippen molar-refractivity contribution in [2.75, 3.05) is 0 Å². The SMILES string of the molecule is CCCCCCCCCCC(=O)Oc1ccc(C(=O)O)c(F)c1-c1ccc(C(=O)O[C@H](C)CCCCCCCC)c(F)c1. The maximum absolute atomic E-state index is 15.4. The van der Waals surface area contributed by atoms with E-state index in [1.54, 1.807) is 6.92 Å². The highest BCUT2D eigenvalue weighted by Crippen LogP contribution is 2.36. The van der Waals surface area contributed by atoms with Crippen LogP contribution in [-0.4, -0.2) is 29.1 Å². The number of hydrogen-bond acceptors (Lipinski definition) is 5. The Morgan fingerprint density at radius 2 is 1.33 bits per heavy atom.